The van der Waals surface area contributed by atoms with Gasteiger partial charge in [0.05, 0.1) is 10.3 Å². The molecule has 1 atom stereocenters. The second-order valence-electron chi connectivity index (χ2n) is 3.75. The van der Waals surface area contributed by atoms with Crippen LogP contribution in [0, 0.1) is 15.9 Å². The zero-order chi connectivity index (χ0) is 14.0. The van der Waals surface area contributed by atoms with Gasteiger partial charge >= 0.3 is 0 Å². The van der Waals surface area contributed by atoms with E-state index in [0.29, 0.717) is 6.42 Å². The van der Waals surface area contributed by atoms with Crippen LogP contribution in [0.25, 0.3) is 11.5 Å². The first-order valence-corrected chi connectivity index (χ1v) is 5.88. The Kier molecular flexibility index (Phi) is 3.75. The number of nitro groups is 1. The van der Waals surface area contributed by atoms with Crippen molar-refractivity contribution in [2.75, 3.05) is 0 Å². The van der Waals surface area contributed by atoms with Gasteiger partial charge in [-0.25, -0.2) is 4.39 Å². The van der Waals surface area contributed by atoms with Crippen LogP contribution in [0.1, 0.15) is 24.5 Å². The third-order valence-electron chi connectivity index (χ3n) is 2.47. The second kappa shape index (κ2) is 5.31. The average molecular weight is 286 g/mol. The predicted molar refractivity (Wildman–Crippen MR) is 65.2 cm³/mol. The summed E-state index contributed by atoms with van der Waals surface area (Å²) in [5, 5.41) is 14.0. The van der Waals surface area contributed by atoms with Crippen LogP contribution in [-0.4, -0.2) is 15.1 Å². The minimum absolute atomic E-state index is 0.0660. The molecule has 1 aromatic carbocycles. The monoisotopic (exact) mass is 285 g/mol. The van der Waals surface area contributed by atoms with Crippen LogP contribution >= 0.6 is 11.6 Å². The van der Waals surface area contributed by atoms with Crippen LogP contribution in [-0.2, 0) is 0 Å². The minimum atomic E-state index is -0.642. The zero-order valence-corrected chi connectivity index (χ0v) is 10.6. The first-order valence-electron chi connectivity index (χ1n) is 5.45. The van der Waals surface area contributed by atoms with Crippen LogP contribution in [0.2, 0.25) is 0 Å². The smallest absolute Gasteiger partial charge is 0.282 e. The van der Waals surface area contributed by atoms with Crippen molar-refractivity contribution >= 4 is 17.3 Å². The van der Waals surface area contributed by atoms with E-state index in [1.165, 1.54) is 0 Å². The Morgan fingerprint density at radius 1 is 1.58 bits per heavy atom. The molecule has 1 unspecified atom stereocenters. The topological polar surface area (TPSA) is 82.1 Å². The van der Waals surface area contributed by atoms with Crippen LogP contribution in [0.3, 0.4) is 0 Å². The summed E-state index contributed by atoms with van der Waals surface area (Å²) in [4.78, 5) is 14.2. The van der Waals surface area contributed by atoms with E-state index in [1.807, 2.05) is 6.92 Å². The summed E-state index contributed by atoms with van der Waals surface area (Å²) < 4.78 is 18.1. The van der Waals surface area contributed by atoms with Crippen molar-refractivity contribution in [1.29, 1.82) is 0 Å². The van der Waals surface area contributed by atoms with Gasteiger partial charge in [-0.1, -0.05) is 12.1 Å². The van der Waals surface area contributed by atoms with Gasteiger partial charge in [-0.15, -0.1) is 11.6 Å². The van der Waals surface area contributed by atoms with Crippen LogP contribution in [0.5, 0.6) is 0 Å². The first kappa shape index (κ1) is 13.4. The summed E-state index contributed by atoms with van der Waals surface area (Å²) in [5.74, 6) is -0.531. The van der Waals surface area contributed by atoms with Crippen LogP contribution in [0.4, 0.5) is 10.1 Å². The SMILES string of the molecule is CCC(Cl)c1noc(-c2cc(F)ccc2[N+](=O)[O-])n1. The fourth-order valence-electron chi connectivity index (χ4n) is 1.49. The molecule has 0 saturated heterocycles. The van der Waals surface area contributed by atoms with Crippen LogP contribution in [0.15, 0.2) is 22.7 Å². The average Bonchev–Trinajstić information content (AvgIpc) is 2.86. The molecule has 0 radical (unpaired) electrons. The third-order valence-corrected chi connectivity index (χ3v) is 2.97. The van der Waals surface area contributed by atoms with E-state index in [4.69, 9.17) is 16.1 Å². The summed E-state index contributed by atoms with van der Waals surface area (Å²) in [7, 11) is 0. The van der Waals surface area contributed by atoms with E-state index in [9.17, 15) is 14.5 Å². The zero-order valence-electron chi connectivity index (χ0n) is 9.84. The highest BCUT2D eigenvalue weighted by atomic mass is 35.5. The summed E-state index contributed by atoms with van der Waals surface area (Å²) in [6, 6.07) is 3.02. The van der Waals surface area contributed by atoms with Gasteiger partial charge in [-0.3, -0.25) is 10.1 Å². The van der Waals surface area contributed by atoms with Gasteiger partial charge in [0.25, 0.3) is 11.6 Å². The molecule has 100 valence electrons. The molecular weight excluding hydrogens is 277 g/mol. The van der Waals surface area contributed by atoms with E-state index >= 15 is 0 Å². The molecule has 19 heavy (non-hydrogen) atoms. The van der Waals surface area contributed by atoms with Gasteiger partial charge in [-0.2, -0.15) is 4.98 Å². The van der Waals surface area contributed by atoms with Crippen molar-refractivity contribution in [1.82, 2.24) is 10.1 Å². The number of halogens is 2. The Hall–Kier alpha value is -2.02. The number of nitrogens with zero attached hydrogens (tertiary/aromatic N) is 3. The number of nitro benzene ring substituents is 1. The maximum absolute atomic E-state index is 13.2. The molecule has 8 heteroatoms. The standard InChI is InChI=1S/C11H9ClFN3O3/c1-2-8(12)10-14-11(19-15-10)7-5-6(13)3-4-9(7)16(17)18/h3-5,8H,2H2,1H3. The van der Waals surface area contributed by atoms with E-state index in [2.05, 4.69) is 10.1 Å². The highest BCUT2D eigenvalue weighted by molar-refractivity contribution is 6.20. The Morgan fingerprint density at radius 2 is 2.32 bits per heavy atom. The number of aromatic nitrogens is 2. The second-order valence-corrected chi connectivity index (χ2v) is 4.28. The predicted octanol–water partition coefficient (Wildman–Crippen LogP) is 3.47. The summed E-state index contributed by atoms with van der Waals surface area (Å²) in [6.07, 6.45) is 0.575. The van der Waals surface area contributed by atoms with Crippen molar-refractivity contribution < 1.29 is 13.8 Å². The van der Waals surface area contributed by atoms with Gasteiger partial charge in [0.2, 0.25) is 0 Å². The number of rotatable bonds is 4. The molecule has 0 N–H and O–H groups in total. The lowest BCUT2D eigenvalue weighted by molar-refractivity contribution is -0.384. The number of benzene rings is 1. The highest BCUT2D eigenvalue weighted by Crippen LogP contribution is 2.31. The Bertz CT molecular complexity index is 617. The molecule has 0 saturated carbocycles. The molecular formula is C11H9ClFN3O3. The molecule has 0 aliphatic rings. The molecule has 0 spiro atoms. The van der Waals surface area contributed by atoms with E-state index in [0.717, 1.165) is 18.2 Å². The lowest BCUT2D eigenvalue weighted by Crippen LogP contribution is -1.94. The Morgan fingerprint density at radius 3 is 2.95 bits per heavy atom. The molecule has 6 nitrogen and oxygen atoms in total. The molecule has 1 heterocycles. The lowest BCUT2D eigenvalue weighted by Gasteiger charge is -1.98. The lowest BCUT2D eigenvalue weighted by atomic mass is 10.1. The molecule has 2 rings (SSSR count). The summed E-state index contributed by atoms with van der Waals surface area (Å²) >= 11 is 5.93. The normalized spacial score (nSPS) is 12.4. The van der Waals surface area contributed by atoms with Crippen molar-refractivity contribution in [3.05, 3.63) is 40.0 Å². The van der Waals surface area contributed by atoms with Crippen molar-refractivity contribution in [3.8, 4) is 11.5 Å². The van der Waals surface area contributed by atoms with Gasteiger partial charge in [0.15, 0.2) is 5.82 Å². The quantitative estimate of drug-likeness (QED) is 0.488. The highest BCUT2D eigenvalue weighted by Gasteiger charge is 2.23. The van der Waals surface area contributed by atoms with Gasteiger partial charge < -0.3 is 4.52 Å². The van der Waals surface area contributed by atoms with E-state index in [-0.39, 0.29) is 23.0 Å². The number of hydrogen-bond donors (Lipinski definition) is 0. The summed E-state index contributed by atoms with van der Waals surface area (Å²) in [5.41, 5.74) is -0.372. The van der Waals surface area contributed by atoms with E-state index in [1.54, 1.807) is 0 Å². The largest absolute Gasteiger partial charge is 0.334 e. The van der Waals surface area contributed by atoms with Gasteiger partial charge in [0.1, 0.15) is 11.4 Å². The fourth-order valence-corrected chi connectivity index (χ4v) is 1.58. The van der Waals surface area contributed by atoms with Gasteiger partial charge in [0, 0.05) is 6.07 Å². The Labute approximate surface area is 112 Å². The van der Waals surface area contributed by atoms with Crippen molar-refractivity contribution in [2.24, 2.45) is 0 Å². The Balaban J connectivity index is 2.49. The van der Waals surface area contributed by atoms with Crippen molar-refractivity contribution in [2.45, 2.75) is 18.7 Å². The third kappa shape index (κ3) is 2.70. The molecule has 0 amide bonds. The van der Waals surface area contributed by atoms with Crippen LogP contribution < -0.4 is 0 Å². The molecule has 0 bridgehead atoms. The van der Waals surface area contributed by atoms with Gasteiger partial charge in [-0.05, 0) is 18.6 Å². The molecule has 0 aliphatic carbocycles. The maximum Gasteiger partial charge on any atom is 0.282 e. The van der Waals surface area contributed by atoms with E-state index < -0.39 is 16.1 Å². The minimum Gasteiger partial charge on any atom is -0.334 e. The molecule has 1 aromatic heterocycles. The number of alkyl halides is 1. The maximum atomic E-state index is 13.2. The molecule has 0 fully saturated rings. The van der Waals surface area contributed by atoms with Crippen molar-refractivity contribution in [3.63, 3.8) is 0 Å². The summed E-state index contributed by atoms with van der Waals surface area (Å²) in [6.45, 7) is 1.83. The molecule has 0 aliphatic heterocycles. The first-order chi connectivity index (χ1) is 9.02. The fraction of sp³-hybridized carbons (Fsp3) is 0.273. The number of hydrogen-bond acceptors (Lipinski definition) is 5. The molecule has 2 aromatic rings.